The van der Waals surface area contributed by atoms with Crippen molar-refractivity contribution in [3.05, 3.63) is 29.3 Å². The Morgan fingerprint density at radius 3 is 3.06 bits per heavy atom. The Morgan fingerprint density at radius 1 is 1.38 bits per heavy atom. The van der Waals surface area contributed by atoms with Crippen molar-refractivity contribution >= 4 is 0 Å². The summed E-state index contributed by atoms with van der Waals surface area (Å²) < 4.78 is 5.65. The maximum atomic E-state index is 5.65. The van der Waals surface area contributed by atoms with E-state index in [-0.39, 0.29) is 0 Å². The molecule has 0 unspecified atom stereocenters. The van der Waals surface area contributed by atoms with Crippen LogP contribution in [0.4, 0.5) is 0 Å². The van der Waals surface area contributed by atoms with Gasteiger partial charge in [-0.05, 0) is 49.7 Å². The van der Waals surface area contributed by atoms with E-state index in [9.17, 15) is 0 Å². The lowest BCUT2D eigenvalue weighted by Gasteiger charge is -2.25. The van der Waals surface area contributed by atoms with Crippen LogP contribution in [0.15, 0.2) is 18.2 Å². The van der Waals surface area contributed by atoms with Gasteiger partial charge < -0.3 is 15.4 Å². The van der Waals surface area contributed by atoms with Gasteiger partial charge in [0.25, 0.3) is 0 Å². The summed E-state index contributed by atoms with van der Waals surface area (Å²) in [6.45, 7) is 3.59. The second kappa shape index (κ2) is 5.32. The highest BCUT2D eigenvalue weighted by Gasteiger charge is 2.13. The van der Waals surface area contributed by atoms with Crippen molar-refractivity contribution in [3.63, 3.8) is 0 Å². The van der Waals surface area contributed by atoms with Gasteiger partial charge in [-0.1, -0.05) is 6.07 Å². The van der Waals surface area contributed by atoms with E-state index in [0.717, 1.165) is 31.7 Å². The number of likely N-dealkylation sites (N-methyl/N-ethyl adjacent to an activating group) is 1. The maximum absolute atomic E-state index is 5.65. The lowest BCUT2D eigenvalue weighted by atomic mass is 10.00. The van der Waals surface area contributed by atoms with Gasteiger partial charge in [0.15, 0.2) is 0 Å². The number of benzene rings is 1. The molecule has 1 aliphatic rings. The molecule has 0 spiro atoms. The smallest absolute Gasteiger partial charge is 0.119 e. The molecule has 2 rings (SSSR count). The van der Waals surface area contributed by atoms with Gasteiger partial charge in [-0.15, -0.1) is 0 Å². The minimum absolute atomic E-state index is 0.688. The third kappa shape index (κ3) is 2.74. The van der Waals surface area contributed by atoms with Crippen molar-refractivity contribution in [2.45, 2.75) is 19.4 Å². The summed E-state index contributed by atoms with van der Waals surface area (Å²) in [5, 5.41) is 0. The van der Waals surface area contributed by atoms with Gasteiger partial charge in [-0.3, -0.25) is 0 Å². The van der Waals surface area contributed by atoms with E-state index in [1.807, 2.05) is 0 Å². The van der Waals surface area contributed by atoms with Gasteiger partial charge in [0.2, 0.25) is 0 Å². The molecule has 0 atom stereocenters. The van der Waals surface area contributed by atoms with Crippen LogP contribution in [0.2, 0.25) is 0 Å². The molecule has 0 amide bonds. The minimum Gasteiger partial charge on any atom is -0.494 e. The number of hydrogen-bond donors (Lipinski definition) is 1. The number of fused-ring (bicyclic) bond motifs is 1. The lowest BCUT2D eigenvalue weighted by molar-refractivity contribution is 0.301. The summed E-state index contributed by atoms with van der Waals surface area (Å²) in [7, 11) is 2.16. The molecule has 0 aromatic heterocycles. The van der Waals surface area contributed by atoms with Crippen LogP contribution in [0.25, 0.3) is 0 Å². The van der Waals surface area contributed by atoms with Crippen molar-refractivity contribution < 1.29 is 4.74 Å². The fourth-order valence-corrected chi connectivity index (χ4v) is 2.04. The van der Waals surface area contributed by atoms with Crippen molar-refractivity contribution in [1.29, 1.82) is 0 Å². The van der Waals surface area contributed by atoms with E-state index in [1.165, 1.54) is 11.1 Å². The van der Waals surface area contributed by atoms with Crippen LogP contribution in [0.3, 0.4) is 0 Å². The monoisotopic (exact) mass is 220 g/mol. The molecule has 88 valence electrons. The van der Waals surface area contributed by atoms with Crippen molar-refractivity contribution in [2.24, 2.45) is 5.73 Å². The highest BCUT2D eigenvalue weighted by atomic mass is 16.5. The Kier molecular flexibility index (Phi) is 3.80. The molecule has 0 saturated heterocycles. The molecule has 0 bridgehead atoms. The van der Waals surface area contributed by atoms with Crippen LogP contribution in [0.5, 0.6) is 5.75 Å². The Balaban J connectivity index is 2.03. The zero-order valence-corrected chi connectivity index (χ0v) is 9.91. The molecule has 16 heavy (non-hydrogen) atoms. The third-order valence-electron chi connectivity index (χ3n) is 3.00. The third-order valence-corrected chi connectivity index (χ3v) is 3.00. The van der Waals surface area contributed by atoms with Crippen molar-refractivity contribution in [1.82, 2.24) is 4.90 Å². The summed E-state index contributed by atoms with van der Waals surface area (Å²) in [4.78, 5) is 2.34. The number of nitrogens with two attached hydrogens (primary N) is 1. The number of rotatable bonds is 4. The normalized spacial score (nSPS) is 15.9. The molecule has 2 N–H and O–H groups in total. The Labute approximate surface area is 97.2 Å². The van der Waals surface area contributed by atoms with Crippen LogP contribution in [-0.2, 0) is 13.0 Å². The molecule has 1 heterocycles. The van der Waals surface area contributed by atoms with E-state index < -0.39 is 0 Å². The zero-order chi connectivity index (χ0) is 11.4. The molecule has 0 fully saturated rings. The number of hydrogen-bond acceptors (Lipinski definition) is 3. The zero-order valence-electron chi connectivity index (χ0n) is 9.91. The van der Waals surface area contributed by atoms with Gasteiger partial charge in [0.1, 0.15) is 5.75 Å². The Morgan fingerprint density at radius 2 is 2.25 bits per heavy atom. The molecular formula is C13H20N2O. The van der Waals surface area contributed by atoms with E-state index in [0.29, 0.717) is 13.2 Å². The molecule has 0 aliphatic carbocycles. The molecule has 1 aliphatic heterocycles. The second-order valence-corrected chi connectivity index (χ2v) is 4.41. The van der Waals surface area contributed by atoms with Crippen molar-refractivity contribution in [3.8, 4) is 5.75 Å². The average molecular weight is 220 g/mol. The fraction of sp³-hybridized carbons (Fsp3) is 0.538. The van der Waals surface area contributed by atoms with Gasteiger partial charge in [-0.25, -0.2) is 0 Å². The Bertz CT molecular complexity index is 352. The van der Waals surface area contributed by atoms with Gasteiger partial charge in [0, 0.05) is 13.1 Å². The summed E-state index contributed by atoms with van der Waals surface area (Å²) in [6.07, 6.45) is 2.06. The predicted molar refractivity (Wildman–Crippen MR) is 65.6 cm³/mol. The number of nitrogens with zero attached hydrogens (tertiary/aromatic N) is 1. The first kappa shape index (κ1) is 11.4. The Hall–Kier alpha value is -1.06. The molecule has 0 saturated carbocycles. The SMILES string of the molecule is CN1CCc2ccc(OCCCN)cc2C1. The molecule has 1 aromatic rings. The summed E-state index contributed by atoms with van der Waals surface area (Å²) in [5.74, 6) is 0.975. The highest BCUT2D eigenvalue weighted by molar-refractivity contribution is 5.37. The molecule has 1 aromatic carbocycles. The van der Waals surface area contributed by atoms with E-state index in [1.54, 1.807) is 0 Å². The van der Waals surface area contributed by atoms with E-state index in [2.05, 4.69) is 30.1 Å². The van der Waals surface area contributed by atoms with E-state index in [4.69, 9.17) is 10.5 Å². The maximum Gasteiger partial charge on any atom is 0.119 e. The average Bonchev–Trinajstić information content (AvgIpc) is 2.29. The van der Waals surface area contributed by atoms with Crippen molar-refractivity contribution in [2.75, 3.05) is 26.7 Å². The second-order valence-electron chi connectivity index (χ2n) is 4.41. The first-order valence-corrected chi connectivity index (χ1v) is 5.93. The molecule has 3 nitrogen and oxygen atoms in total. The van der Waals surface area contributed by atoms with Crippen LogP contribution in [-0.4, -0.2) is 31.6 Å². The quantitative estimate of drug-likeness (QED) is 0.780. The van der Waals surface area contributed by atoms with Crippen LogP contribution < -0.4 is 10.5 Å². The van der Waals surface area contributed by atoms with E-state index >= 15 is 0 Å². The standard InChI is InChI=1S/C13H20N2O/c1-15-7-5-11-3-4-13(9-12(11)10-15)16-8-2-6-14/h3-4,9H,2,5-8,10,14H2,1H3. The van der Waals surface area contributed by atoms with Gasteiger partial charge in [0.05, 0.1) is 6.61 Å². The molecule has 0 radical (unpaired) electrons. The van der Waals surface area contributed by atoms with Crippen LogP contribution in [0.1, 0.15) is 17.5 Å². The highest BCUT2D eigenvalue weighted by Crippen LogP contribution is 2.23. The van der Waals surface area contributed by atoms with Crippen LogP contribution >= 0.6 is 0 Å². The fourth-order valence-electron chi connectivity index (χ4n) is 2.04. The largest absolute Gasteiger partial charge is 0.494 e. The van der Waals surface area contributed by atoms with Gasteiger partial charge in [-0.2, -0.15) is 0 Å². The predicted octanol–water partition coefficient (Wildman–Crippen LogP) is 1.40. The first-order chi connectivity index (χ1) is 7.79. The topological polar surface area (TPSA) is 38.5 Å². The summed E-state index contributed by atoms with van der Waals surface area (Å²) in [5.41, 5.74) is 8.30. The molecule has 3 heteroatoms. The van der Waals surface area contributed by atoms with Crippen LogP contribution in [0, 0.1) is 0 Å². The molecular weight excluding hydrogens is 200 g/mol. The lowest BCUT2D eigenvalue weighted by Crippen LogP contribution is -2.26. The summed E-state index contributed by atoms with van der Waals surface area (Å²) >= 11 is 0. The minimum atomic E-state index is 0.688. The van der Waals surface area contributed by atoms with Gasteiger partial charge >= 0.3 is 0 Å². The number of ether oxygens (including phenoxy) is 1. The summed E-state index contributed by atoms with van der Waals surface area (Å²) in [6, 6.07) is 6.43. The first-order valence-electron chi connectivity index (χ1n) is 5.93.